The number of hydrogen-bond acceptors (Lipinski definition) is 2. The van der Waals surface area contributed by atoms with Crippen molar-refractivity contribution in [1.82, 2.24) is 4.90 Å². The van der Waals surface area contributed by atoms with Crippen LogP contribution in [0, 0.1) is 5.92 Å². The van der Waals surface area contributed by atoms with E-state index in [-0.39, 0.29) is 6.04 Å². The lowest BCUT2D eigenvalue weighted by Crippen LogP contribution is -2.39. The predicted octanol–water partition coefficient (Wildman–Crippen LogP) is 3.57. The zero-order chi connectivity index (χ0) is 13.9. The number of nitrogens with zero attached hydrogens (tertiary/aromatic N) is 1. The maximum Gasteiger partial charge on any atom is 0.0424 e. The molecule has 1 fully saturated rings. The molecule has 106 valence electrons. The van der Waals surface area contributed by atoms with Crippen molar-refractivity contribution in [3.63, 3.8) is 0 Å². The molecule has 20 heavy (non-hydrogen) atoms. The quantitative estimate of drug-likeness (QED) is 0.922. The molecule has 2 unspecified atom stereocenters. The minimum absolute atomic E-state index is 0.116. The molecule has 2 aromatic carbocycles. The van der Waals surface area contributed by atoms with Gasteiger partial charge in [0.15, 0.2) is 0 Å². The fourth-order valence-corrected chi connectivity index (χ4v) is 3.27. The number of likely N-dealkylation sites (tertiary alicyclic amines) is 1. The van der Waals surface area contributed by atoms with Crippen molar-refractivity contribution in [2.45, 2.75) is 25.8 Å². The molecule has 0 aromatic heterocycles. The van der Waals surface area contributed by atoms with Crippen LogP contribution >= 0.6 is 0 Å². The van der Waals surface area contributed by atoms with Gasteiger partial charge >= 0.3 is 0 Å². The summed E-state index contributed by atoms with van der Waals surface area (Å²) >= 11 is 0. The average molecular weight is 268 g/mol. The van der Waals surface area contributed by atoms with Crippen LogP contribution in [0.1, 0.15) is 31.4 Å². The summed E-state index contributed by atoms with van der Waals surface area (Å²) in [6.07, 6.45) is 2.67. The van der Waals surface area contributed by atoms with Gasteiger partial charge < -0.3 is 10.6 Å². The van der Waals surface area contributed by atoms with Gasteiger partial charge in [0.1, 0.15) is 0 Å². The zero-order valence-electron chi connectivity index (χ0n) is 12.3. The van der Waals surface area contributed by atoms with Crippen LogP contribution < -0.4 is 5.73 Å². The second-order valence-corrected chi connectivity index (χ2v) is 6.22. The van der Waals surface area contributed by atoms with E-state index in [9.17, 15) is 0 Å². The van der Waals surface area contributed by atoms with E-state index in [0.717, 1.165) is 12.5 Å². The van der Waals surface area contributed by atoms with Gasteiger partial charge in [0.25, 0.3) is 0 Å². The summed E-state index contributed by atoms with van der Waals surface area (Å²) in [6.45, 7) is 5.71. The molecule has 0 radical (unpaired) electrons. The van der Waals surface area contributed by atoms with Crippen LogP contribution in [0.2, 0.25) is 0 Å². The number of fused-ring (bicyclic) bond motifs is 1. The first-order valence-corrected chi connectivity index (χ1v) is 7.69. The topological polar surface area (TPSA) is 29.3 Å². The molecule has 1 saturated heterocycles. The highest BCUT2D eigenvalue weighted by atomic mass is 15.1. The van der Waals surface area contributed by atoms with Crippen molar-refractivity contribution in [2.24, 2.45) is 11.7 Å². The van der Waals surface area contributed by atoms with Crippen molar-refractivity contribution in [3.8, 4) is 0 Å². The lowest BCUT2D eigenvalue weighted by atomic mass is 9.98. The summed E-state index contributed by atoms with van der Waals surface area (Å²) in [5.41, 5.74) is 7.67. The third kappa shape index (κ3) is 3.02. The summed E-state index contributed by atoms with van der Waals surface area (Å²) in [7, 11) is 0. The van der Waals surface area contributed by atoms with E-state index in [0.29, 0.717) is 0 Å². The van der Waals surface area contributed by atoms with Crippen LogP contribution in [0.3, 0.4) is 0 Å². The summed E-state index contributed by atoms with van der Waals surface area (Å²) in [5.74, 6) is 0.813. The van der Waals surface area contributed by atoms with Crippen LogP contribution in [0.4, 0.5) is 0 Å². The lowest BCUT2D eigenvalue weighted by Gasteiger charge is -2.32. The molecule has 2 aromatic rings. The Morgan fingerprint density at radius 1 is 1.20 bits per heavy atom. The molecule has 2 nitrogen and oxygen atoms in total. The maximum atomic E-state index is 6.42. The van der Waals surface area contributed by atoms with Gasteiger partial charge in [-0.3, -0.25) is 0 Å². The van der Waals surface area contributed by atoms with Gasteiger partial charge in [-0.05, 0) is 47.7 Å². The van der Waals surface area contributed by atoms with E-state index in [1.807, 2.05) is 0 Å². The van der Waals surface area contributed by atoms with Crippen molar-refractivity contribution < 1.29 is 0 Å². The van der Waals surface area contributed by atoms with Gasteiger partial charge in [0.2, 0.25) is 0 Å². The number of hydrogen-bond donors (Lipinski definition) is 1. The molecule has 3 rings (SSSR count). The highest BCUT2D eigenvalue weighted by Gasteiger charge is 2.19. The van der Waals surface area contributed by atoms with Crippen molar-refractivity contribution >= 4 is 10.8 Å². The minimum Gasteiger partial charge on any atom is -0.323 e. The smallest absolute Gasteiger partial charge is 0.0424 e. The standard InChI is InChI=1S/C18H24N2/c1-14-5-4-10-20(12-14)13-18(19)17-9-8-15-6-2-3-7-16(15)11-17/h2-3,6-9,11,14,18H,4-5,10,12-13,19H2,1H3. The zero-order valence-corrected chi connectivity index (χ0v) is 12.3. The van der Waals surface area contributed by atoms with Crippen molar-refractivity contribution in [1.29, 1.82) is 0 Å². The Balaban J connectivity index is 1.73. The predicted molar refractivity (Wildman–Crippen MR) is 85.7 cm³/mol. The van der Waals surface area contributed by atoms with Crippen molar-refractivity contribution in [2.75, 3.05) is 19.6 Å². The number of rotatable bonds is 3. The van der Waals surface area contributed by atoms with Crippen LogP contribution in [-0.4, -0.2) is 24.5 Å². The van der Waals surface area contributed by atoms with Gasteiger partial charge in [-0.1, -0.05) is 43.3 Å². The number of nitrogens with two attached hydrogens (primary N) is 1. The van der Waals surface area contributed by atoms with Gasteiger partial charge in [0, 0.05) is 19.1 Å². The Morgan fingerprint density at radius 2 is 2.00 bits per heavy atom. The van der Waals surface area contributed by atoms with Gasteiger partial charge in [-0.2, -0.15) is 0 Å². The number of benzene rings is 2. The van der Waals surface area contributed by atoms with E-state index in [4.69, 9.17) is 5.73 Å². The lowest BCUT2D eigenvalue weighted by molar-refractivity contribution is 0.175. The Kier molecular flexibility index (Phi) is 4.04. The largest absolute Gasteiger partial charge is 0.323 e. The molecule has 1 aliphatic heterocycles. The van der Waals surface area contributed by atoms with Gasteiger partial charge in [0.05, 0.1) is 0 Å². The van der Waals surface area contributed by atoms with Crippen LogP contribution in [0.15, 0.2) is 42.5 Å². The second kappa shape index (κ2) is 5.94. The molecule has 1 aliphatic rings. The first kappa shape index (κ1) is 13.6. The first-order valence-electron chi connectivity index (χ1n) is 7.69. The average Bonchev–Trinajstić information content (AvgIpc) is 2.47. The van der Waals surface area contributed by atoms with E-state index in [1.54, 1.807) is 0 Å². The summed E-state index contributed by atoms with van der Waals surface area (Å²) in [5, 5.41) is 2.57. The van der Waals surface area contributed by atoms with Gasteiger partial charge in [-0.25, -0.2) is 0 Å². The Labute approximate surface area is 121 Å². The van der Waals surface area contributed by atoms with E-state index < -0.39 is 0 Å². The van der Waals surface area contributed by atoms with E-state index in [2.05, 4.69) is 54.3 Å². The molecule has 1 heterocycles. The molecule has 2 heteroatoms. The minimum atomic E-state index is 0.116. The normalized spacial score (nSPS) is 22.0. The Bertz CT molecular complexity index is 578. The molecule has 0 aliphatic carbocycles. The van der Waals surface area contributed by atoms with Crippen molar-refractivity contribution in [3.05, 3.63) is 48.0 Å². The van der Waals surface area contributed by atoms with E-state index >= 15 is 0 Å². The molecule has 2 N–H and O–H groups in total. The molecule has 0 spiro atoms. The van der Waals surface area contributed by atoms with Crippen LogP contribution in [0.5, 0.6) is 0 Å². The highest BCUT2D eigenvalue weighted by Crippen LogP contribution is 2.22. The van der Waals surface area contributed by atoms with E-state index in [1.165, 1.54) is 42.3 Å². The Hall–Kier alpha value is -1.38. The molecule has 0 amide bonds. The molecule has 0 bridgehead atoms. The second-order valence-electron chi connectivity index (χ2n) is 6.22. The third-order valence-electron chi connectivity index (χ3n) is 4.40. The molecular formula is C18H24N2. The third-order valence-corrected chi connectivity index (χ3v) is 4.40. The molecule has 0 saturated carbocycles. The molecular weight excluding hydrogens is 244 g/mol. The SMILES string of the molecule is CC1CCCN(CC(N)c2ccc3ccccc3c2)C1. The van der Waals surface area contributed by atoms with Crippen LogP contribution in [-0.2, 0) is 0 Å². The van der Waals surface area contributed by atoms with Gasteiger partial charge in [-0.15, -0.1) is 0 Å². The monoisotopic (exact) mass is 268 g/mol. The number of piperidine rings is 1. The summed E-state index contributed by atoms with van der Waals surface area (Å²) < 4.78 is 0. The summed E-state index contributed by atoms with van der Waals surface area (Å²) in [4.78, 5) is 2.52. The first-order chi connectivity index (χ1) is 9.72. The molecule has 2 atom stereocenters. The summed E-state index contributed by atoms with van der Waals surface area (Å²) in [6, 6.07) is 15.2. The Morgan fingerprint density at radius 3 is 2.80 bits per heavy atom. The fraction of sp³-hybridized carbons (Fsp3) is 0.444. The van der Waals surface area contributed by atoms with Crippen LogP contribution in [0.25, 0.3) is 10.8 Å². The highest BCUT2D eigenvalue weighted by molar-refractivity contribution is 5.83. The fourth-order valence-electron chi connectivity index (χ4n) is 3.27. The maximum absolute atomic E-state index is 6.42.